The van der Waals surface area contributed by atoms with Crippen molar-refractivity contribution in [1.82, 2.24) is 0 Å². The molecular formula is C19H34O2Si2. The van der Waals surface area contributed by atoms with Crippen LogP contribution in [0, 0.1) is 5.92 Å². The highest BCUT2D eigenvalue weighted by atomic mass is 28.4. The molecule has 0 radical (unpaired) electrons. The zero-order valence-corrected chi connectivity index (χ0v) is 18.4. The molecule has 0 aliphatic carbocycles. The lowest BCUT2D eigenvalue weighted by atomic mass is 10.00. The fraction of sp³-hybridized carbons (Fsp3) is 0.579. The summed E-state index contributed by atoms with van der Waals surface area (Å²) in [4.78, 5) is 0. The lowest BCUT2D eigenvalue weighted by Crippen LogP contribution is -2.32. The van der Waals surface area contributed by atoms with Crippen LogP contribution in [0.4, 0.5) is 0 Å². The van der Waals surface area contributed by atoms with Crippen LogP contribution in [-0.4, -0.2) is 16.6 Å². The Hall–Kier alpha value is -1.01. The van der Waals surface area contributed by atoms with Crippen LogP contribution < -0.4 is 0 Å². The summed E-state index contributed by atoms with van der Waals surface area (Å²) in [5, 5.41) is 0. The molecule has 23 heavy (non-hydrogen) atoms. The Labute approximate surface area is 145 Å². The van der Waals surface area contributed by atoms with Gasteiger partial charge in [0.15, 0.2) is 0 Å². The molecular weight excluding hydrogens is 316 g/mol. The number of benzene rings is 1. The van der Waals surface area contributed by atoms with E-state index < -0.39 is 16.6 Å². The summed E-state index contributed by atoms with van der Waals surface area (Å²) in [6.07, 6.45) is 1.12. The van der Waals surface area contributed by atoms with Gasteiger partial charge in [-0.15, -0.1) is 0 Å². The van der Waals surface area contributed by atoms with Crippen molar-refractivity contribution in [3.63, 3.8) is 0 Å². The SMILES string of the molecule is CC(=C(O[Si](C)(C)C)O[Si](C)(C)C)c1ccc(CC(C)C)cc1. The van der Waals surface area contributed by atoms with Crippen LogP contribution in [0.5, 0.6) is 0 Å². The average molecular weight is 351 g/mol. The summed E-state index contributed by atoms with van der Waals surface area (Å²) in [6.45, 7) is 19.8. The molecule has 0 N–H and O–H groups in total. The first kappa shape index (κ1) is 20.0. The molecule has 0 aliphatic heterocycles. The maximum absolute atomic E-state index is 6.26. The number of rotatable bonds is 7. The van der Waals surface area contributed by atoms with E-state index in [0.29, 0.717) is 5.92 Å². The molecule has 0 amide bonds. The van der Waals surface area contributed by atoms with Crippen LogP contribution in [0.25, 0.3) is 5.57 Å². The van der Waals surface area contributed by atoms with Gasteiger partial charge in [-0.3, -0.25) is 0 Å². The molecule has 0 bridgehead atoms. The number of hydrogen-bond donors (Lipinski definition) is 0. The van der Waals surface area contributed by atoms with E-state index in [4.69, 9.17) is 8.85 Å². The summed E-state index contributed by atoms with van der Waals surface area (Å²) in [6, 6.07) is 8.82. The topological polar surface area (TPSA) is 18.5 Å². The Bertz CT molecular complexity index is 514. The first-order chi connectivity index (χ1) is 10.4. The van der Waals surface area contributed by atoms with E-state index in [1.54, 1.807) is 0 Å². The van der Waals surface area contributed by atoms with E-state index in [1.165, 1.54) is 11.1 Å². The normalized spacial score (nSPS) is 12.3. The molecule has 130 valence electrons. The molecule has 1 aromatic carbocycles. The molecule has 0 atom stereocenters. The minimum absolute atomic E-state index is 0.679. The number of allylic oxidation sites excluding steroid dienone is 1. The maximum atomic E-state index is 6.26. The summed E-state index contributed by atoms with van der Waals surface area (Å²) >= 11 is 0. The van der Waals surface area contributed by atoms with Crippen LogP contribution in [0.15, 0.2) is 30.2 Å². The van der Waals surface area contributed by atoms with E-state index in [9.17, 15) is 0 Å². The smallest absolute Gasteiger partial charge is 0.255 e. The second kappa shape index (κ2) is 7.71. The van der Waals surface area contributed by atoms with Gasteiger partial charge in [-0.2, -0.15) is 0 Å². The molecule has 0 aliphatic rings. The standard InChI is InChI=1S/C19H34O2Si2/c1-15(2)14-17-10-12-18(13-11-17)16(3)19(20-22(4,5)6)21-23(7,8)9/h10-13,15H,14H2,1-9H3. The van der Waals surface area contributed by atoms with Crippen molar-refractivity contribution >= 4 is 22.2 Å². The van der Waals surface area contributed by atoms with Crippen molar-refractivity contribution in [3.05, 3.63) is 41.3 Å². The molecule has 0 aromatic heterocycles. The minimum atomic E-state index is -1.71. The van der Waals surface area contributed by atoms with Gasteiger partial charge >= 0.3 is 0 Å². The molecule has 4 heteroatoms. The fourth-order valence-electron chi connectivity index (χ4n) is 2.21. The van der Waals surface area contributed by atoms with Gasteiger partial charge in [0.25, 0.3) is 5.95 Å². The summed E-state index contributed by atoms with van der Waals surface area (Å²) in [5.74, 6) is 1.42. The van der Waals surface area contributed by atoms with Gasteiger partial charge in [-0.1, -0.05) is 38.1 Å². The molecule has 2 nitrogen and oxygen atoms in total. The van der Waals surface area contributed by atoms with Crippen molar-refractivity contribution in [2.45, 2.75) is 66.5 Å². The third kappa shape index (κ3) is 7.88. The third-order valence-corrected chi connectivity index (χ3v) is 4.73. The average Bonchev–Trinajstić information content (AvgIpc) is 2.34. The Balaban J connectivity index is 3.12. The number of hydrogen-bond acceptors (Lipinski definition) is 2. The fourth-order valence-corrected chi connectivity index (χ4v) is 3.80. The summed E-state index contributed by atoms with van der Waals surface area (Å²) < 4.78 is 12.5. The van der Waals surface area contributed by atoms with Gasteiger partial charge < -0.3 is 8.85 Å². The van der Waals surface area contributed by atoms with E-state index in [1.807, 2.05) is 0 Å². The molecule has 0 heterocycles. The van der Waals surface area contributed by atoms with Crippen molar-refractivity contribution in [1.29, 1.82) is 0 Å². The lowest BCUT2D eigenvalue weighted by Gasteiger charge is -2.29. The van der Waals surface area contributed by atoms with Crippen LogP contribution in [-0.2, 0) is 15.3 Å². The highest BCUT2D eigenvalue weighted by Crippen LogP contribution is 2.26. The Morgan fingerprint density at radius 3 is 1.65 bits per heavy atom. The predicted octanol–water partition coefficient (Wildman–Crippen LogP) is 6.28. The van der Waals surface area contributed by atoms with Gasteiger partial charge in [-0.25, -0.2) is 0 Å². The highest BCUT2D eigenvalue weighted by molar-refractivity contribution is 6.71. The van der Waals surface area contributed by atoms with Gasteiger partial charge in [0.2, 0.25) is 16.6 Å². The maximum Gasteiger partial charge on any atom is 0.255 e. The van der Waals surface area contributed by atoms with Crippen molar-refractivity contribution in [3.8, 4) is 0 Å². The third-order valence-electron chi connectivity index (χ3n) is 3.13. The van der Waals surface area contributed by atoms with E-state index >= 15 is 0 Å². The molecule has 0 fully saturated rings. The Kier molecular flexibility index (Phi) is 6.72. The van der Waals surface area contributed by atoms with Crippen LogP contribution in [0.3, 0.4) is 0 Å². The summed E-state index contributed by atoms with van der Waals surface area (Å²) in [5.41, 5.74) is 3.67. The quantitative estimate of drug-likeness (QED) is 0.426. The van der Waals surface area contributed by atoms with Gasteiger partial charge in [0, 0.05) is 5.57 Å². The second-order valence-corrected chi connectivity index (χ2v) is 17.5. The zero-order valence-electron chi connectivity index (χ0n) is 16.4. The summed E-state index contributed by atoms with van der Waals surface area (Å²) in [7, 11) is -3.42. The molecule has 0 spiro atoms. The second-order valence-electron chi connectivity index (χ2n) is 8.64. The van der Waals surface area contributed by atoms with E-state index in [2.05, 4.69) is 84.3 Å². The lowest BCUT2D eigenvalue weighted by molar-refractivity contribution is 0.219. The Morgan fingerprint density at radius 1 is 0.870 bits per heavy atom. The molecule has 1 aromatic rings. The van der Waals surface area contributed by atoms with Gasteiger partial charge in [0.05, 0.1) is 0 Å². The van der Waals surface area contributed by atoms with Crippen molar-refractivity contribution in [2.24, 2.45) is 5.92 Å². The van der Waals surface area contributed by atoms with Crippen molar-refractivity contribution in [2.75, 3.05) is 0 Å². The Morgan fingerprint density at radius 2 is 1.30 bits per heavy atom. The van der Waals surface area contributed by atoms with E-state index in [0.717, 1.165) is 17.9 Å². The first-order valence-corrected chi connectivity index (χ1v) is 15.4. The molecule has 0 unspecified atom stereocenters. The van der Waals surface area contributed by atoms with Gasteiger partial charge in [0.1, 0.15) is 0 Å². The minimum Gasteiger partial charge on any atom is -0.520 e. The van der Waals surface area contributed by atoms with Crippen molar-refractivity contribution < 1.29 is 8.85 Å². The van der Waals surface area contributed by atoms with E-state index in [-0.39, 0.29) is 0 Å². The highest BCUT2D eigenvalue weighted by Gasteiger charge is 2.25. The zero-order chi connectivity index (χ0) is 17.8. The molecule has 1 rings (SSSR count). The first-order valence-electron chi connectivity index (χ1n) is 8.55. The van der Waals surface area contributed by atoms with Crippen LogP contribution in [0.2, 0.25) is 39.3 Å². The van der Waals surface area contributed by atoms with Crippen LogP contribution >= 0.6 is 0 Å². The predicted molar refractivity (Wildman–Crippen MR) is 106 cm³/mol. The van der Waals surface area contributed by atoms with Gasteiger partial charge in [-0.05, 0) is 69.7 Å². The van der Waals surface area contributed by atoms with Crippen LogP contribution in [0.1, 0.15) is 31.9 Å². The molecule has 0 saturated heterocycles. The largest absolute Gasteiger partial charge is 0.520 e. The monoisotopic (exact) mass is 350 g/mol. The molecule has 0 saturated carbocycles.